The van der Waals surface area contributed by atoms with Gasteiger partial charge in [0.25, 0.3) is 0 Å². The maximum Gasteiger partial charge on any atom is 0.412 e. The number of hydrogen-bond donors (Lipinski definition) is 2. The Morgan fingerprint density at radius 3 is 2.48 bits per heavy atom. The summed E-state index contributed by atoms with van der Waals surface area (Å²) in [6.45, 7) is 2.91. The van der Waals surface area contributed by atoms with E-state index >= 15 is 0 Å². The van der Waals surface area contributed by atoms with Crippen LogP contribution in [-0.4, -0.2) is 36.4 Å². The molecule has 0 aliphatic rings. The van der Waals surface area contributed by atoms with Crippen LogP contribution in [-0.2, 0) is 25.4 Å². The van der Waals surface area contributed by atoms with Crippen molar-refractivity contribution in [1.29, 1.82) is 0 Å². The molecule has 1 rings (SSSR count). The van der Waals surface area contributed by atoms with Crippen LogP contribution in [0.4, 0.5) is 4.79 Å². The molecular weight excluding hydrogens is 321 g/mol. The number of rotatable bonds is 7. The van der Waals surface area contributed by atoms with Crippen molar-refractivity contribution in [3.8, 4) is 0 Å². The second-order valence-corrected chi connectivity index (χ2v) is 7.23. The fourth-order valence-corrected chi connectivity index (χ4v) is 2.05. The van der Waals surface area contributed by atoms with Gasteiger partial charge in [0, 0.05) is 12.8 Å². The van der Waals surface area contributed by atoms with Crippen molar-refractivity contribution in [2.75, 3.05) is 19.4 Å². The number of ether oxygens (including phenoxy) is 2. The lowest BCUT2D eigenvalue weighted by atomic mass is 10.2. The molecule has 0 saturated heterocycles. The predicted octanol–water partition coefficient (Wildman–Crippen LogP) is 2.26. The third-order valence-corrected chi connectivity index (χ3v) is 3.44. The standard InChI is InChI=1S/C15H20NO6P/c1-3-21-14(17)13(9-10-23(2,19)20)16-15(18)22-11-12-7-5-4-6-8-12/h4-9H,3,10-11H2,1-2H3,(H,16,18)(H,19,20)/b13-9-. The molecule has 8 heteroatoms. The quantitative estimate of drug-likeness (QED) is 0.448. The number of esters is 1. The van der Waals surface area contributed by atoms with Crippen molar-refractivity contribution in [3.05, 3.63) is 47.7 Å². The van der Waals surface area contributed by atoms with Gasteiger partial charge < -0.3 is 14.4 Å². The summed E-state index contributed by atoms with van der Waals surface area (Å²) in [5.74, 6) is -0.794. The highest BCUT2D eigenvalue weighted by atomic mass is 31.2. The summed E-state index contributed by atoms with van der Waals surface area (Å²) < 4.78 is 21.1. The Morgan fingerprint density at radius 2 is 1.91 bits per heavy atom. The highest BCUT2D eigenvalue weighted by molar-refractivity contribution is 7.57. The molecule has 0 fully saturated rings. The summed E-state index contributed by atoms with van der Waals surface area (Å²) in [7, 11) is -3.36. The van der Waals surface area contributed by atoms with Crippen LogP contribution in [0, 0.1) is 0 Å². The Labute approximate surface area is 134 Å². The molecule has 23 heavy (non-hydrogen) atoms. The number of carbonyl (C=O) groups excluding carboxylic acids is 2. The molecule has 0 heterocycles. The first-order chi connectivity index (χ1) is 10.8. The lowest BCUT2D eigenvalue weighted by molar-refractivity contribution is -0.138. The fourth-order valence-electron chi connectivity index (χ4n) is 1.52. The molecule has 1 atom stereocenters. The number of amides is 1. The molecule has 0 spiro atoms. The second-order valence-electron chi connectivity index (χ2n) is 4.76. The van der Waals surface area contributed by atoms with Crippen molar-refractivity contribution >= 4 is 19.4 Å². The minimum absolute atomic E-state index is 0.0368. The van der Waals surface area contributed by atoms with Gasteiger partial charge in [-0.2, -0.15) is 0 Å². The molecule has 1 unspecified atom stereocenters. The molecule has 0 saturated carbocycles. The molecule has 0 bridgehead atoms. The molecule has 2 N–H and O–H groups in total. The summed E-state index contributed by atoms with van der Waals surface area (Å²) in [6, 6.07) is 9.02. The van der Waals surface area contributed by atoms with Crippen LogP contribution < -0.4 is 5.32 Å². The lowest BCUT2D eigenvalue weighted by Crippen LogP contribution is -2.29. The van der Waals surface area contributed by atoms with E-state index in [1.807, 2.05) is 6.07 Å². The maximum atomic E-state index is 11.7. The molecular formula is C15H20NO6P. The minimum Gasteiger partial charge on any atom is -0.461 e. The van der Waals surface area contributed by atoms with Crippen LogP contribution in [0.5, 0.6) is 0 Å². The molecule has 1 amide bonds. The van der Waals surface area contributed by atoms with Crippen molar-refractivity contribution < 1.29 is 28.5 Å². The number of benzene rings is 1. The first-order valence-corrected chi connectivity index (χ1v) is 9.25. The summed E-state index contributed by atoms with van der Waals surface area (Å²) in [5, 5.41) is 2.24. The van der Waals surface area contributed by atoms with E-state index in [0.717, 1.165) is 18.3 Å². The van der Waals surface area contributed by atoms with Gasteiger partial charge in [0.1, 0.15) is 12.3 Å². The normalized spacial score (nSPS) is 13.8. The third-order valence-electron chi connectivity index (χ3n) is 2.58. The van der Waals surface area contributed by atoms with Crippen LogP contribution in [0.2, 0.25) is 0 Å². The number of allylic oxidation sites excluding steroid dienone is 1. The monoisotopic (exact) mass is 341 g/mol. The van der Waals surface area contributed by atoms with Gasteiger partial charge in [-0.1, -0.05) is 30.3 Å². The van der Waals surface area contributed by atoms with Gasteiger partial charge in [0.2, 0.25) is 7.37 Å². The van der Waals surface area contributed by atoms with Gasteiger partial charge in [-0.15, -0.1) is 0 Å². The predicted molar refractivity (Wildman–Crippen MR) is 85.1 cm³/mol. The first-order valence-electron chi connectivity index (χ1n) is 6.96. The highest BCUT2D eigenvalue weighted by Crippen LogP contribution is 2.34. The van der Waals surface area contributed by atoms with Crippen LogP contribution in [0.15, 0.2) is 42.1 Å². The Morgan fingerprint density at radius 1 is 1.26 bits per heavy atom. The van der Waals surface area contributed by atoms with Gasteiger partial charge in [0.15, 0.2) is 0 Å². The van der Waals surface area contributed by atoms with Gasteiger partial charge in [0.05, 0.1) is 6.61 Å². The molecule has 126 valence electrons. The molecule has 0 radical (unpaired) electrons. The van der Waals surface area contributed by atoms with Gasteiger partial charge >= 0.3 is 12.1 Å². The van der Waals surface area contributed by atoms with E-state index in [0.29, 0.717) is 0 Å². The van der Waals surface area contributed by atoms with E-state index in [9.17, 15) is 19.0 Å². The van der Waals surface area contributed by atoms with Crippen LogP contribution in [0.25, 0.3) is 0 Å². The van der Waals surface area contributed by atoms with E-state index in [-0.39, 0.29) is 25.1 Å². The minimum atomic E-state index is -3.36. The van der Waals surface area contributed by atoms with E-state index < -0.39 is 19.4 Å². The van der Waals surface area contributed by atoms with Crippen molar-refractivity contribution in [2.24, 2.45) is 0 Å². The van der Waals surface area contributed by atoms with Crippen molar-refractivity contribution in [2.45, 2.75) is 13.5 Å². The SMILES string of the molecule is CCOC(=O)/C(=C/CP(C)(=O)O)NC(=O)OCc1ccccc1. The smallest absolute Gasteiger partial charge is 0.412 e. The average molecular weight is 341 g/mol. The van der Waals surface area contributed by atoms with Gasteiger partial charge in [-0.3, -0.25) is 9.88 Å². The number of carbonyl (C=O) groups is 2. The zero-order valence-corrected chi connectivity index (χ0v) is 13.9. The molecule has 7 nitrogen and oxygen atoms in total. The average Bonchev–Trinajstić information content (AvgIpc) is 2.49. The maximum absolute atomic E-state index is 11.7. The second kappa shape index (κ2) is 9.12. The molecule has 0 aliphatic heterocycles. The number of hydrogen-bond acceptors (Lipinski definition) is 5. The van der Waals surface area contributed by atoms with E-state index in [4.69, 9.17) is 9.47 Å². The highest BCUT2D eigenvalue weighted by Gasteiger charge is 2.17. The van der Waals surface area contributed by atoms with Crippen molar-refractivity contribution in [1.82, 2.24) is 5.32 Å². The van der Waals surface area contributed by atoms with Gasteiger partial charge in [-0.05, 0) is 18.6 Å². The molecule has 0 aromatic heterocycles. The Kier molecular flexibility index (Phi) is 7.51. The Balaban J connectivity index is 2.66. The van der Waals surface area contributed by atoms with E-state index in [1.54, 1.807) is 31.2 Å². The van der Waals surface area contributed by atoms with E-state index in [2.05, 4.69) is 5.32 Å². The summed E-state index contributed by atoms with van der Waals surface area (Å²) in [5.41, 5.74) is 0.568. The lowest BCUT2D eigenvalue weighted by Gasteiger charge is -2.10. The Bertz CT molecular complexity index is 608. The summed E-state index contributed by atoms with van der Waals surface area (Å²) in [4.78, 5) is 32.8. The fraction of sp³-hybridized carbons (Fsp3) is 0.333. The van der Waals surface area contributed by atoms with Crippen molar-refractivity contribution in [3.63, 3.8) is 0 Å². The molecule has 1 aromatic carbocycles. The zero-order chi connectivity index (χ0) is 17.3. The molecule has 0 aliphatic carbocycles. The first kappa shape index (κ1) is 18.9. The number of alkyl carbamates (subject to hydrolysis) is 1. The van der Waals surface area contributed by atoms with Gasteiger partial charge in [-0.25, -0.2) is 9.59 Å². The summed E-state index contributed by atoms with van der Waals surface area (Å²) >= 11 is 0. The molecule has 1 aromatic rings. The zero-order valence-electron chi connectivity index (χ0n) is 13.0. The number of nitrogens with one attached hydrogen (secondary N) is 1. The van der Waals surface area contributed by atoms with Crippen LogP contribution >= 0.6 is 7.37 Å². The van der Waals surface area contributed by atoms with Crippen LogP contribution in [0.3, 0.4) is 0 Å². The summed E-state index contributed by atoms with van der Waals surface area (Å²) in [6.07, 6.45) is 0.0416. The largest absolute Gasteiger partial charge is 0.461 e. The van der Waals surface area contributed by atoms with Crippen LogP contribution in [0.1, 0.15) is 12.5 Å². The van der Waals surface area contributed by atoms with E-state index in [1.165, 1.54) is 0 Å². The third kappa shape index (κ3) is 8.18. The topological polar surface area (TPSA) is 102 Å². The Hall–Kier alpha value is -2.11.